The van der Waals surface area contributed by atoms with Crippen molar-refractivity contribution in [3.8, 4) is 29.5 Å². The van der Waals surface area contributed by atoms with Gasteiger partial charge >= 0.3 is 0 Å². The minimum Gasteiger partial charge on any atom is -0.481 e. The molecule has 0 radical (unpaired) electrons. The quantitative estimate of drug-likeness (QED) is 0.723. The second kappa shape index (κ2) is 6.40. The molecule has 3 heterocycles. The number of anilines is 1. The van der Waals surface area contributed by atoms with Crippen LogP contribution < -0.4 is 10.1 Å². The van der Waals surface area contributed by atoms with Gasteiger partial charge < -0.3 is 14.6 Å². The number of amides is 1. The number of carbonyl (C=O) groups excluding carboxylic acids is 1. The topological polar surface area (TPSA) is 69.0 Å². The smallest absolute Gasteiger partial charge is 0.231 e. The lowest BCUT2D eigenvalue weighted by atomic mass is 10.1. The second-order valence-corrected chi connectivity index (χ2v) is 6.49. The largest absolute Gasteiger partial charge is 0.481 e. The van der Waals surface area contributed by atoms with Gasteiger partial charge in [0.2, 0.25) is 11.8 Å². The van der Waals surface area contributed by atoms with E-state index < -0.39 is 12.1 Å². The van der Waals surface area contributed by atoms with Gasteiger partial charge in [-0.3, -0.25) is 4.79 Å². The van der Waals surface area contributed by atoms with Crippen molar-refractivity contribution in [2.45, 2.75) is 12.6 Å². The highest BCUT2D eigenvalue weighted by Crippen LogP contribution is 2.36. The Balaban J connectivity index is 1.74. The van der Waals surface area contributed by atoms with Crippen LogP contribution in [0.15, 0.2) is 30.6 Å². The van der Waals surface area contributed by atoms with E-state index in [1.165, 1.54) is 0 Å². The van der Waals surface area contributed by atoms with E-state index in [1.807, 2.05) is 23.7 Å². The van der Waals surface area contributed by atoms with Gasteiger partial charge in [0.05, 0.1) is 36.0 Å². The number of nitrogens with one attached hydrogen (secondary N) is 1. The molecule has 1 fully saturated rings. The number of aromatic nitrogens is 3. The first-order chi connectivity index (χ1) is 13.0. The normalized spacial score (nSPS) is 18.1. The molecule has 6 nitrogen and oxygen atoms in total. The molecule has 1 aliphatic carbocycles. The van der Waals surface area contributed by atoms with Crippen LogP contribution in [0.3, 0.4) is 0 Å². The van der Waals surface area contributed by atoms with Crippen LogP contribution in [0.1, 0.15) is 12.0 Å². The van der Waals surface area contributed by atoms with Crippen molar-refractivity contribution >= 4 is 22.6 Å². The maximum Gasteiger partial charge on any atom is 0.231 e. The Morgan fingerprint density at radius 1 is 1.37 bits per heavy atom. The number of alkyl halides is 1. The highest BCUT2D eigenvalue weighted by atomic mass is 19.1. The van der Waals surface area contributed by atoms with Gasteiger partial charge in [-0.2, -0.15) is 0 Å². The number of aryl methyl sites for hydroxylation is 1. The first kappa shape index (κ1) is 17.0. The number of halogens is 1. The number of rotatable bonds is 4. The van der Waals surface area contributed by atoms with Gasteiger partial charge in [-0.05, 0) is 24.6 Å². The fraction of sp³-hybridized carbons (Fsp3) is 0.250. The zero-order chi connectivity index (χ0) is 19.1. The van der Waals surface area contributed by atoms with Crippen LogP contribution in [0.5, 0.6) is 5.88 Å². The van der Waals surface area contributed by atoms with Crippen molar-refractivity contribution in [3.05, 3.63) is 36.2 Å². The third-order valence-electron chi connectivity index (χ3n) is 4.72. The molecule has 1 amide bonds. The maximum absolute atomic E-state index is 13.0. The summed E-state index contributed by atoms with van der Waals surface area (Å²) in [5.41, 5.74) is 3.12. The molecule has 0 spiro atoms. The van der Waals surface area contributed by atoms with Crippen LogP contribution in [-0.2, 0) is 11.8 Å². The highest BCUT2D eigenvalue weighted by Gasteiger charge is 2.43. The third-order valence-corrected chi connectivity index (χ3v) is 4.72. The fourth-order valence-electron chi connectivity index (χ4n) is 3.09. The summed E-state index contributed by atoms with van der Waals surface area (Å²) in [6.45, 7) is 0. The van der Waals surface area contributed by atoms with Crippen LogP contribution in [0.2, 0.25) is 0 Å². The molecule has 0 saturated heterocycles. The van der Waals surface area contributed by atoms with E-state index in [9.17, 15) is 9.18 Å². The number of terminal acetylenes is 1. The number of hydrogen-bond donors (Lipinski definition) is 1. The van der Waals surface area contributed by atoms with E-state index in [1.54, 1.807) is 25.6 Å². The minimum atomic E-state index is -1.04. The zero-order valence-corrected chi connectivity index (χ0v) is 14.9. The molecule has 4 rings (SSSR count). The molecular weight excluding hydrogens is 347 g/mol. The predicted molar refractivity (Wildman–Crippen MR) is 100 cm³/mol. The number of fused-ring (bicyclic) bond motifs is 1. The van der Waals surface area contributed by atoms with Gasteiger partial charge in [0.25, 0.3) is 0 Å². The molecule has 0 aliphatic heterocycles. The summed E-state index contributed by atoms with van der Waals surface area (Å²) in [6.07, 6.45) is 7.98. The lowest BCUT2D eigenvalue weighted by molar-refractivity contribution is -0.117. The van der Waals surface area contributed by atoms with Crippen molar-refractivity contribution in [1.29, 1.82) is 0 Å². The molecule has 27 heavy (non-hydrogen) atoms. The summed E-state index contributed by atoms with van der Waals surface area (Å²) in [7, 11) is 3.45. The monoisotopic (exact) mass is 364 g/mol. The molecular formula is C20H17FN4O2. The van der Waals surface area contributed by atoms with E-state index in [-0.39, 0.29) is 12.3 Å². The maximum atomic E-state index is 13.0. The zero-order valence-electron chi connectivity index (χ0n) is 14.9. The van der Waals surface area contributed by atoms with Crippen molar-refractivity contribution in [2.24, 2.45) is 13.0 Å². The van der Waals surface area contributed by atoms with Crippen molar-refractivity contribution < 1.29 is 13.9 Å². The average molecular weight is 364 g/mol. The summed E-state index contributed by atoms with van der Waals surface area (Å²) in [4.78, 5) is 20.5. The standard InChI is InChI=1S/C20H17FN4O2/c1-4-11-5-14(20(27-3)23-9-11)16-6-12-7-18(22-10-17(12)25(16)2)24-19(26)13-8-15(13)21/h1,5-7,9-10,13,15H,8H2,2-3H3,(H,22,24,26)/t13-,15+/m1/s1. The summed E-state index contributed by atoms with van der Waals surface area (Å²) in [5.74, 6) is 2.54. The molecule has 2 atom stereocenters. The highest BCUT2D eigenvalue weighted by molar-refractivity contribution is 5.96. The molecule has 3 aromatic heterocycles. The van der Waals surface area contributed by atoms with Crippen LogP contribution >= 0.6 is 0 Å². The Morgan fingerprint density at radius 3 is 2.81 bits per heavy atom. The Morgan fingerprint density at radius 2 is 2.15 bits per heavy atom. The van der Waals surface area contributed by atoms with Gasteiger partial charge in [-0.25, -0.2) is 14.4 Å². The Labute approximate surface area is 155 Å². The van der Waals surface area contributed by atoms with Gasteiger partial charge in [0.15, 0.2) is 0 Å². The molecule has 1 N–H and O–H groups in total. The molecule has 3 aromatic rings. The molecule has 0 bridgehead atoms. The van der Waals surface area contributed by atoms with Crippen molar-refractivity contribution in [1.82, 2.24) is 14.5 Å². The SMILES string of the molecule is C#Cc1cnc(OC)c(-c2cc3cc(NC(=O)[C@@H]4C[C@@H]4F)ncc3n2C)c1. The van der Waals surface area contributed by atoms with Gasteiger partial charge in [-0.1, -0.05) is 5.92 Å². The van der Waals surface area contributed by atoms with Crippen molar-refractivity contribution in [3.63, 3.8) is 0 Å². The molecule has 1 aliphatic rings. The van der Waals surface area contributed by atoms with E-state index in [0.29, 0.717) is 17.3 Å². The van der Waals surface area contributed by atoms with Crippen LogP contribution in [0.25, 0.3) is 22.2 Å². The first-order valence-corrected chi connectivity index (χ1v) is 8.43. The van der Waals surface area contributed by atoms with Crippen LogP contribution in [-0.4, -0.2) is 33.7 Å². The number of methoxy groups -OCH3 is 1. The Bertz CT molecular complexity index is 1100. The number of carbonyl (C=O) groups is 1. The fourth-order valence-corrected chi connectivity index (χ4v) is 3.09. The predicted octanol–water partition coefficient (Wildman–Crippen LogP) is 2.92. The third kappa shape index (κ3) is 2.99. The molecule has 7 heteroatoms. The van der Waals surface area contributed by atoms with E-state index in [0.717, 1.165) is 22.2 Å². The minimum absolute atomic E-state index is 0.280. The Kier molecular flexibility index (Phi) is 4.04. The lowest BCUT2D eigenvalue weighted by Gasteiger charge is -2.09. The van der Waals surface area contributed by atoms with Gasteiger partial charge in [0.1, 0.15) is 12.0 Å². The molecule has 136 valence electrons. The summed E-state index contributed by atoms with van der Waals surface area (Å²) in [6, 6.07) is 5.55. The van der Waals surface area contributed by atoms with Crippen LogP contribution in [0.4, 0.5) is 10.2 Å². The summed E-state index contributed by atoms with van der Waals surface area (Å²) >= 11 is 0. The number of nitrogens with zero attached hydrogens (tertiary/aromatic N) is 3. The van der Waals surface area contributed by atoms with E-state index in [2.05, 4.69) is 21.2 Å². The van der Waals surface area contributed by atoms with Crippen molar-refractivity contribution in [2.75, 3.05) is 12.4 Å². The number of ether oxygens (including phenoxy) is 1. The number of pyridine rings is 2. The molecule has 0 aromatic carbocycles. The second-order valence-electron chi connectivity index (χ2n) is 6.49. The molecule has 1 saturated carbocycles. The van der Waals surface area contributed by atoms with E-state index >= 15 is 0 Å². The number of hydrogen-bond acceptors (Lipinski definition) is 4. The summed E-state index contributed by atoms with van der Waals surface area (Å²) < 4.78 is 20.4. The average Bonchev–Trinajstić information content (AvgIpc) is 3.33. The van der Waals surface area contributed by atoms with Crippen LogP contribution in [0, 0.1) is 18.3 Å². The van der Waals surface area contributed by atoms with Gasteiger partial charge in [-0.15, -0.1) is 6.42 Å². The summed E-state index contributed by atoms with van der Waals surface area (Å²) in [5, 5.41) is 3.55. The Hall–Kier alpha value is -3.40. The van der Waals surface area contributed by atoms with Gasteiger partial charge in [0, 0.05) is 24.2 Å². The van der Waals surface area contributed by atoms with E-state index in [4.69, 9.17) is 11.2 Å². The first-order valence-electron chi connectivity index (χ1n) is 8.43. The molecule has 0 unspecified atom stereocenters. The lowest BCUT2D eigenvalue weighted by Crippen LogP contribution is -2.15.